The highest BCUT2D eigenvalue weighted by Gasteiger charge is 2.29. The predicted octanol–water partition coefficient (Wildman–Crippen LogP) is 0.780. The largest absolute Gasteiger partial charge is 0.384 e. The number of nitrogens with two attached hydrogens (primary N) is 1. The van der Waals surface area contributed by atoms with E-state index in [0.29, 0.717) is 6.61 Å². The van der Waals surface area contributed by atoms with Crippen LogP contribution in [0.5, 0.6) is 0 Å². The van der Waals surface area contributed by atoms with E-state index in [1.54, 1.807) is 7.11 Å². The van der Waals surface area contributed by atoms with Crippen LogP contribution in [0.1, 0.15) is 20.8 Å². The van der Waals surface area contributed by atoms with Crippen LogP contribution in [0.2, 0.25) is 0 Å². The molecule has 66 valence electrons. The fraction of sp³-hybridized carbons (Fsp3) is 0.875. The zero-order chi connectivity index (χ0) is 9.07. The molecular weight excluding hydrogens is 142 g/mol. The van der Waals surface area contributed by atoms with E-state index in [0.717, 1.165) is 0 Å². The highest BCUT2D eigenvalue weighted by Crippen LogP contribution is 2.25. The minimum atomic E-state index is -0.292. The Morgan fingerprint density at radius 3 is 2.09 bits per heavy atom. The zero-order valence-corrected chi connectivity index (χ0v) is 7.68. The number of carbonyl (C=O) groups is 1. The van der Waals surface area contributed by atoms with E-state index >= 15 is 0 Å². The van der Waals surface area contributed by atoms with E-state index in [1.165, 1.54) is 0 Å². The van der Waals surface area contributed by atoms with Gasteiger partial charge >= 0.3 is 0 Å². The highest BCUT2D eigenvalue weighted by atomic mass is 16.5. The normalized spacial score (nSPS) is 14.5. The van der Waals surface area contributed by atoms with E-state index in [1.807, 2.05) is 20.8 Å². The smallest absolute Gasteiger partial charge is 0.223 e. The molecule has 3 nitrogen and oxygen atoms in total. The molecule has 1 amide bonds. The maximum absolute atomic E-state index is 10.9. The average Bonchev–Trinajstić information content (AvgIpc) is 1.79. The van der Waals surface area contributed by atoms with Gasteiger partial charge in [-0.05, 0) is 5.41 Å². The van der Waals surface area contributed by atoms with Crippen LogP contribution in [0.3, 0.4) is 0 Å². The van der Waals surface area contributed by atoms with Crippen molar-refractivity contribution in [2.45, 2.75) is 20.8 Å². The van der Waals surface area contributed by atoms with Gasteiger partial charge in [0, 0.05) is 7.11 Å². The number of methoxy groups -OCH3 is 1. The van der Waals surface area contributed by atoms with E-state index in [-0.39, 0.29) is 17.2 Å². The zero-order valence-electron chi connectivity index (χ0n) is 7.68. The molecule has 0 aliphatic heterocycles. The highest BCUT2D eigenvalue weighted by molar-refractivity contribution is 5.77. The van der Waals surface area contributed by atoms with Crippen molar-refractivity contribution in [1.82, 2.24) is 0 Å². The van der Waals surface area contributed by atoms with Crippen molar-refractivity contribution >= 4 is 5.91 Å². The van der Waals surface area contributed by atoms with Crippen LogP contribution in [0.4, 0.5) is 0 Å². The third-order valence-corrected chi connectivity index (χ3v) is 1.72. The first-order chi connectivity index (χ1) is 4.89. The fourth-order valence-electron chi connectivity index (χ4n) is 0.926. The first kappa shape index (κ1) is 10.4. The summed E-state index contributed by atoms with van der Waals surface area (Å²) in [6.07, 6.45) is 0. The Morgan fingerprint density at radius 1 is 1.55 bits per heavy atom. The number of hydrogen-bond donors (Lipinski definition) is 1. The summed E-state index contributed by atoms with van der Waals surface area (Å²) in [6, 6.07) is 0. The van der Waals surface area contributed by atoms with Crippen LogP contribution in [0.25, 0.3) is 0 Å². The Morgan fingerprint density at radius 2 is 2.00 bits per heavy atom. The molecule has 0 bridgehead atoms. The van der Waals surface area contributed by atoms with Crippen LogP contribution in [0, 0.1) is 11.3 Å². The molecule has 0 spiro atoms. The fourth-order valence-corrected chi connectivity index (χ4v) is 0.926. The Hall–Kier alpha value is -0.570. The molecule has 0 unspecified atom stereocenters. The number of carbonyl (C=O) groups excluding carboxylic acids is 1. The molecule has 1 atom stereocenters. The Kier molecular flexibility index (Phi) is 3.52. The maximum atomic E-state index is 10.9. The van der Waals surface area contributed by atoms with Crippen LogP contribution >= 0.6 is 0 Å². The molecule has 2 N–H and O–H groups in total. The van der Waals surface area contributed by atoms with Gasteiger partial charge in [0.05, 0.1) is 12.5 Å². The average molecular weight is 159 g/mol. The number of rotatable bonds is 3. The minimum Gasteiger partial charge on any atom is -0.384 e. The predicted molar refractivity (Wildman–Crippen MR) is 44.0 cm³/mol. The van der Waals surface area contributed by atoms with Crippen molar-refractivity contribution in [3.8, 4) is 0 Å². The molecule has 0 heterocycles. The number of ether oxygens (including phenoxy) is 1. The van der Waals surface area contributed by atoms with E-state index in [2.05, 4.69) is 0 Å². The third-order valence-electron chi connectivity index (χ3n) is 1.72. The number of primary amides is 1. The van der Waals surface area contributed by atoms with Gasteiger partial charge in [-0.3, -0.25) is 4.79 Å². The summed E-state index contributed by atoms with van der Waals surface area (Å²) in [5, 5.41) is 0. The Balaban J connectivity index is 4.22. The lowest BCUT2D eigenvalue weighted by Gasteiger charge is -2.26. The lowest BCUT2D eigenvalue weighted by Crippen LogP contribution is -2.36. The van der Waals surface area contributed by atoms with E-state index in [9.17, 15) is 4.79 Å². The summed E-state index contributed by atoms with van der Waals surface area (Å²) in [4.78, 5) is 10.9. The Labute approximate surface area is 67.9 Å². The summed E-state index contributed by atoms with van der Waals surface area (Å²) in [5.74, 6) is -0.494. The van der Waals surface area contributed by atoms with Crippen LogP contribution in [-0.2, 0) is 9.53 Å². The summed E-state index contributed by atoms with van der Waals surface area (Å²) in [6.45, 7) is 6.32. The second-order valence-corrected chi connectivity index (χ2v) is 3.78. The van der Waals surface area contributed by atoms with Crippen molar-refractivity contribution in [3.05, 3.63) is 0 Å². The van der Waals surface area contributed by atoms with Crippen LogP contribution in [0.15, 0.2) is 0 Å². The second-order valence-electron chi connectivity index (χ2n) is 3.78. The van der Waals surface area contributed by atoms with Gasteiger partial charge in [0.15, 0.2) is 0 Å². The monoisotopic (exact) mass is 159 g/mol. The summed E-state index contributed by atoms with van der Waals surface area (Å²) in [5.41, 5.74) is 5.08. The molecule has 0 fully saturated rings. The van der Waals surface area contributed by atoms with Crippen molar-refractivity contribution in [1.29, 1.82) is 0 Å². The standard InChI is InChI=1S/C8H17NO2/c1-8(2,3)6(5-11-4)7(9)10/h6H,5H2,1-4H3,(H2,9,10)/t6-/m1/s1. The minimum absolute atomic E-state index is 0.109. The molecule has 0 aromatic rings. The topological polar surface area (TPSA) is 52.3 Å². The lowest BCUT2D eigenvalue weighted by molar-refractivity contribution is -0.127. The van der Waals surface area contributed by atoms with E-state index < -0.39 is 0 Å². The van der Waals surface area contributed by atoms with Gasteiger partial charge in [0.2, 0.25) is 5.91 Å². The summed E-state index contributed by atoms with van der Waals surface area (Å²) >= 11 is 0. The summed E-state index contributed by atoms with van der Waals surface area (Å²) < 4.78 is 4.89. The third kappa shape index (κ3) is 3.37. The van der Waals surface area contributed by atoms with Gasteiger partial charge < -0.3 is 10.5 Å². The maximum Gasteiger partial charge on any atom is 0.223 e. The van der Waals surface area contributed by atoms with Gasteiger partial charge in [0.1, 0.15) is 0 Å². The van der Waals surface area contributed by atoms with Crippen molar-refractivity contribution in [3.63, 3.8) is 0 Å². The second kappa shape index (κ2) is 3.72. The van der Waals surface area contributed by atoms with Crippen molar-refractivity contribution in [2.75, 3.05) is 13.7 Å². The van der Waals surface area contributed by atoms with Gasteiger partial charge in [-0.1, -0.05) is 20.8 Å². The molecule has 0 saturated carbocycles. The Bertz CT molecular complexity index is 138. The molecular formula is C8H17NO2. The number of amides is 1. The molecule has 0 aromatic carbocycles. The van der Waals surface area contributed by atoms with Crippen LogP contribution in [-0.4, -0.2) is 19.6 Å². The first-order valence-corrected chi connectivity index (χ1v) is 3.68. The SMILES string of the molecule is COC[C@H](C(N)=O)C(C)(C)C. The van der Waals surface area contributed by atoms with Crippen molar-refractivity contribution in [2.24, 2.45) is 17.1 Å². The molecule has 0 radical (unpaired) electrons. The summed E-state index contributed by atoms with van der Waals surface area (Å²) in [7, 11) is 1.57. The molecule has 0 aliphatic carbocycles. The van der Waals surface area contributed by atoms with Gasteiger partial charge in [0.25, 0.3) is 0 Å². The van der Waals surface area contributed by atoms with Gasteiger partial charge in [-0.25, -0.2) is 0 Å². The molecule has 0 rings (SSSR count). The molecule has 11 heavy (non-hydrogen) atoms. The molecule has 0 saturated heterocycles. The number of hydrogen-bond acceptors (Lipinski definition) is 2. The quantitative estimate of drug-likeness (QED) is 0.661. The van der Waals surface area contributed by atoms with Crippen molar-refractivity contribution < 1.29 is 9.53 Å². The van der Waals surface area contributed by atoms with Gasteiger partial charge in [-0.15, -0.1) is 0 Å². The van der Waals surface area contributed by atoms with E-state index in [4.69, 9.17) is 10.5 Å². The molecule has 0 aromatic heterocycles. The van der Waals surface area contributed by atoms with Crippen LogP contribution < -0.4 is 5.73 Å². The molecule has 0 aliphatic rings. The molecule has 3 heteroatoms. The lowest BCUT2D eigenvalue weighted by atomic mass is 9.81. The first-order valence-electron chi connectivity index (χ1n) is 3.68. The van der Waals surface area contributed by atoms with Gasteiger partial charge in [-0.2, -0.15) is 0 Å².